The van der Waals surface area contributed by atoms with Gasteiger partial charge in [-0.1, -0.05) is 12.5 Å². The molecule has 0 amide bonds. The fraction of sp³-hybridized carbons (Fsp3) is 0.538. The van der Waals surface area contributed by atoms with E-state index in [4.69, 9.17) is 4.74 Å². The molecule has 1 aromatic rings. The molecule has 1 heterocycles. The van der Waals surface area contributed by atoms with Gasteiger partial charge in [-0.3, -0.25) is 0 Å². The van der Waals surface area contributed by atoms with Crippen LogP contribution >= 0.6 is 0 Å². The molecule has 92 valence electrons. The Labute approximate surface area is 101 Å². The molecule has 4 nitrogen and oxygen atoms in total. The molecule has 2 rings (SSSR count). The summed E-state index contributed by atoms with van der Waals surface area (Å²) in [6.45, 7) is 0. The molecular weight excluding hydrogens is 218 g/mol. The number of carbonyl (C=O) groups is 1. The Hall–Kier alpha value is -1.58. The van der Waals surface area contributed by atoms with Gasteiger partial charge in [-0.05, 0) is 31.7 Å². The maximum absolute atomic E-state index is 11.3. The van der Waals surface area contributed by atoms with Crippen LogP contribution in [0.3, 0.4) is 0 Å². The third-order valence-corrected chi connectivity index (χ3v) is 2.96. The van der Waals surface area contributed by atoms with Crippen LogP contribution in [0.5, 0.6) is 5.88 Å². The van der Waals surface area contributed by atoms with E-state index >= 15 is 0 Å². The second-order valence-electron chi connectivity index (χ2n) is 4.23. The Morgan fingerprint density at radius 1 is 1.29 bits per heavy atom. The van der Waals surface area contributed by atoms with Crippen molar-refractivity contribution in [1.29, 1.82) is 0 Å². The molecule has 1 fully saturated rings. The summed E-state index contributed by atoms with van der Waals surface area (Å²) in [6.07, 6.45) is 6.09. The number of carbonyl (C=O) groups excluding carboxylic acids is 1. The first kappa shape index (κ1) is 11.9. The third-order valence-electron chi connectivity index (χ3n) is 2.96. The van der Waals surface area contributed by atoms with Crippen LogP contribution in [0.2, 0.25) is 0 Å². The van der Waals surface area contributed by atoms with Gasteiger partial charge in [0.2, 0.25) is 5.88 Å². The Morgan fingerprint density at radius 2 is 2.06 bits per heavy atom. The highest BCUT2D eigenvalue weighted by molar-refractivity contribution is 5.87. The van der Waals surface area contributed by atoms with E-state index < -0.39 is 5.97 Å². The number of esters is 1. The van der Waals surface area contributed by atoms with Gasteiger partial charge < -0.3 is 9.47 Å². The first-order chi connectivity index (χ1) is 8.29. The maximum atomic E-state index is 11.3. The second kappa shape index (κ2) is 5.66. The standard InChI is InChI=1S/C13H17NO3/c1-16-13(15)11-8-5-9-12(14-11)17-10-6-3-2-4-7-10/h5,8-10H,2-4,6-7H2,1H3. The number of ether oxygens (including phenoxy) is 2. The Kier molecular flexibility index (Phi) is 3.96. The molecule has 1 aliphatic rings. The fourth-order valence-electron chi connectivity index (χ4n) is 2.05. The summed E-state index contributed by atoms with van der Waals surface area (Å²) in [7, 11) is 1.35. The van der Waals surface area contributed by atoms with Crippen LogP contribution in [0, 0.1) is 0 Å². The van der Waals surface area contributed by atoms with E-state index in [1.165, 1.54) is 26.4 Å². The molecule has 4 heteroatoms. The summed E-state index contributed by atoms with van der Waals surface area (Å²) >= 11 is 0. The molecule has 0 spiro atoms. The van der Waals surface area contributed by atoms with Crippen molar-refractivity contribution in [2.24, 2.45) is 0 Å². The number of pyridine rings is 1. The van der Waals surface area contributed by atoms with E-state index in [1.807, 2.05) is 0 Å². The lowest BCUT2D eigenvalue weighted by Crippen LogP contribution is -2.20. The first-order valence-electron chi connectivity index (χ1n) is 6.01. The largest absolute Gasteiger partial charge is 0.474 e. The minimum atomic E-state index is -0.431. The lowest BCUT2D eigenvalue weighted by molar-refractivity contribution is 0.0591. The summed E-state index contributed by atoms with van der Waals surface area (Å²) in [6, 6.07) is 5.16. The monoisotopic (exact) mass is 235 g/mol. The van der Waals surface area contributed by atoms with E-state index in [0.29, 0.717) is 11.6 Å². The molecule has 0 radical (unpaired) electrons. The minimum Gasteiger partial charge on any atom is -0.474 e. The Morgan fingerprint density at radius 3 is 2.76 bits per heavy atom. The smallest absolute Gasteiger partial charge is 0.356 e. The lowest BCUT2D eigenvalue weighted by atomic mass is 9.98. The van der Waals surface area contributed by atoms with E-state index in [0.717, 1.165) is 12.8 Å². The van der Waals surface area contributed by atoms with Crippen molar-refractivity contribution in [1.82, 2.24) is 4.98 Å². The molecule has 0 aromatic carbocycles. The summed E-state index contributed by atoms with van der Waals surface area (Å²) in [4.78, 5) is 15.5. The molecule has 0 saturated heterocycles. The predicted molar refractivity (Wildman–Crippen MR) is 63.1 cm³/mol. The number of methoxy groups -OCH3 is 1. The van der Waals surface area contributed by atoms with Gasteiger partial charge in [-0.25, -0.2) is 9.78 Å². The van der Waals surface area contributed by atoms with Crippen LogP contribution in [0.1, 0.15) is 42.6 Å². The molecule has 0 atom stereocenters. The highest BCUT2D eigenvalue weighted by atomic mass is 16.5. The van der Waals surface area contributed by atoms with Crippen molar-refractivity contribution in [2.75, 3.05) is 7.11 Å². The molecular formula is C13H17NO3. The lowest BCUT2D eigenvalue weighted by Gasteiger charge is -2.22. The fourth-order valence-corrected chi connectivity index (χ4v) is 2.05. The number of nitrogens with zero attached hydrogens (tertiary/aromatic N) is 1. The van der Waals surface area contributed by atoms with Crippen LogP contribution in [-0.4, -0.2) is 24.2 Å². The Bertz CT molecular complexity index is 386. The van der Waals surface area contributed by atoms with Crippen LogP contribution in [0.15, 0.2) is 18.2 Å². The molecule has 17 heavy (non-hydrogen) atoms. The quantitative estimate of drug-likeness (QED) is 0.755. The number of aromatic nitrogens is 1. The van der Waals surface area contributed by atoms with Crippen molar-refractivity contribution >= 4 is 5.97 Å². The van der Waals surface area contributed by atoms with Gasteiger partial charge in [0.25, 0.3) is 0 Å². The average Bonchev–Trinajstić information content (AvgIpc) is 2.39. The highest BCUT2D eigenvalue weighted by Crippen LogP contribution is 2.22. The zero-order valence-electron chi connectivity index (χ0n) is 10.0. The zero-order valence-corrected chi connectivity index (χ0v) is 10.0. The van der Waals surface area contributed by atoms with Crippen LogP contribution in [0.25, 0.3) is 0 Å². The maximum Gasteiger partial charge on any atom is 0.356 e. The molecule has 1 aromatic heterocycles. The molecule has 1 saturated carbocycles. The topological polar surface area (TPSA) is 48.4 Å². The van der Waals surface area contributed by atoms with Gasteiger partial charge >= 0.3 is 5.97 Å². The normalized spacial score (nSPS) is 16.5. The van der Waals surface area contributed by atoms with Crippen LogP contribution < -0.4 is 4.74 Å². The van der Waals surface area contributed by atoms with E-state index in [1.54, 1.807) is 18.2 Å². The van der Waals surface area contributed by atoms with Gasteiger partial charge in [0.1, 0.15) is 6.10 Å². The summed E-state index contributed by atoms with van der Waals surface area (Å²) in [5, 5.41) is 0. The minimum absolute atomic E-state index is 0.240. The molecule has 1 aliphatic carbocycles. The second-order valence-corrected chi connectivity index (χ2v) is 4.23. The third kappa shape index (κ3) is 3.19. The average molecular weight is 235 g/mol. The number of hydrogen-bond acceptors (Lipinski definition) is 4. The van der Waals surface area contributed by atoms with Crippen LogP contribution in [0.4, 0.5) is 0 Å². The molecule has 0 bridgehead atoms. The van der Waals surface area contributed by atoms with Crippen molar-refractivity contribution in [2.45, 2.75) is 38.2 Å². The summed E-state index contributed by atoms with van der Waals surface area (Å²) < 4.78 is 10.4. The zero-order chi connectivity index (χ0) is 12.1. The molecule has 0 unspecified atom stereocenters. The predicted octanol–water partition coefficient (Wildman–Crippen LogP) is 2.58. The number of hydrogen-bond donors (Lipinski definition) is 0. The van der Waals surface area contributed by atoms with E-state index in [9.17, 15) is 4.79 Å². The van der Waals surface area contributed by atoms with Gasteiger partial charge in [-0.2, -0.15) is 0 Å². The molecule has 0 N–H and O–H groups in total. The number of rotatable bonds is 3. The SMILES string of the molecule is COC(=O)c1cccc(OC2CCCCC2)n1. The molecule has 0 aliphatic heterocycles. The van der Waals surface area contributed by atoms with Gasteiger partial charge in [-0.15, -0.1) is 0 Å². The van der Waals surface area contributed by atoms with Gasteiger partial charge in [0, 0.05) is 6.07 Å². The van der Waals surface area contributed by atoms with Crippen LogP contribution in [-0.2, 0) is 4.74 Å². The van der Waals surface area contributed by atoms with E-state index in [2.05, 4.69) is 9.72 Å². The van der Waals surface area contributed by atoms with Crippen molar-refractivity contribution in [3.05, 3.63) is 23.9 Å². The highest BCUT2D eigenvalue weighted by Gasteiger charge is 2.16. The summed E-state index contributed by atoms with van der Waals surface area (Å²) in [5.41, 5.74) is 0.292. The van der Waals surface area contributed by atoms with Gasteiger partial charge in [0.15, 0.2) is 5.69 Å². The van der Waals surface area contributed by atoms with Crippen molar-refractivity contribution in [3.63, 3.8) is 0 Å². The summed E-state index contributed by atoms with van der Waals surface area (Å²) in [5.74, 6) is 0.0823. The first-order valence-corrected chi connectivity index (χ1v) is 6.01. The van der Waals surface area contributed by atoms with Crippen molar-refractivity contribution in [3.8, 4) is 5.88 Å². The van der Waals surface area contributed by atoms with Gasteiger partial charge in [0.05, 0.1) is 7.11 Å². The van der Waals surface area contributed by atoms with Crippen molar-refractivity contribution < 1.29 is 14.3 Å². The Balaban J connectivity index is 2.02. The van der Waals surface area contributed by atoms with E-state index in [-0.39, 0.29) is 6.10 Å².